The average molecular weight is 371 g/mol. The largest absolute Gasteiger partial charge is 0.508 e. The first-order valence-electron chi connectivity index (χ1n) is 7.94. The molecule has 0 bridgehead atoms. The third-order valence-electron chi connectivity index (χ3n) is 3.95. The van der Waals surface area contributed by atoms with Gasteiger partial charge in [-0.2, -0.15) is 4.37 Å². The molecule has 1 heterocycles. The maximum absolute atomic E-state index is 12.8. The van der Waals surface area contributed by atoms with E-state index < -0.39 is 12.0 Å². The molecule has 0 aliphatic rings. The Balaban J connectivity index is 1.78. The minimum Gasteiger partial charge on any atom is -0.508 e. The number of fused-ring (bicyclic) bond motifs is 1. The smallest absolute Gasteiger partial charge is 0.404 e. The third kappa shape index (κ3) is 4.28. The number of rotatable bonds is 6. The SMILES string of the molecule is O=C(O)NCCC(C(=O)Nc1ccc2cnsc2c1)c1ccc(O)cc1. The van der Waals surface area contributed by atoms with Gasteiger partial charge in [-0.1, -0.05) is 12.1 Å². The summed E-state index contributed by atoms with van der Waals surface area (Å²) in [6, 6.07) is 11.9. The standard InChI is InChI=1S/C18H17N3O4S/c22-14-5-2-11(3-6-14)15(7-8-19-18(24)25)17(23)21-13-4-1-12-10-20-26-16(12)9-13/h1-6,9-10,15,19,22H,7-8H2,(H,21,23)(H,24,25). The molecule has 26 heavy (non-hydrogen) atoms. The lowest BCUT2D eigenvalue weighted by Gasteiger charge is -2.17. The highest BCUT2D eigenvalue weighted by molar-refractivity contribution is 7.13. The Bertz CT molecular complexity index is 924. The summed E-state index contributed by atoms with van der Waals surface area (Å²) in [6.45, 7) is 0.141. The fraction of sp³-hybridized carbons (Fsp3) is 0.167. The number of hydrogen-bond donors (Lipinski definition) is 4. The van der Waals surface area contributed by atoms with Gasteiger partial charge in [0.2, 0.25) is 5.91 Å². The fourth-order valence-electron chi connectivity index (χ4n) is 2.65. The van der Waals surface area contributed by atoms with E-state index >= 15 is 0 Å². The van der Waals surface area contributed by atoms with E-state index in [1.807, 2.05) is 12.1 Å². The molecule has 0 fully saturated rings. The third-order valence-corrected chi connectivity index (χ3v) is 4.71. The van der Waals surface area contributed by atoms with Gasteiger partial charge in [0.15, 0.2) is 0 Å². The lowest BCUT2D eigenvalue weighted by molar-refractivity contribution is -0.117. The molecule has 8 heteroatoms. The molecule has 134 valence electrons. The van der Waals surface area contributed by atoms with Crippen molar-refractivity contribution in [3.63, 3.8) is 0 Å². The Kier molecular flexibility index (Phi) is 5.33. The van der Waals surface area contributed by atoms with Gasteiger partial charge in [0.1, 0.15) is 5.75 Å². The molecule has 1 atom stereocenters. The summed E-state index contributed by atoms with van der Waals surface area (Å²) >= 11 is 1.35. The van der Waals surface area contributed by atoms with E-state index in [1.54, 1.807) is 24.4 Å². The highest BCUT2D eigenvalue weighted by atomic mass is 32.1. The number of carbonyl (C=O) groups is 2. The molecule has 0 aliphatic carbocycles. The minimum absolute atomic E-state index is 0.104. The summed E-state index contributed by atoms with van der Waals surface area (Å²) in [4.78, 5) is 23.5. The number of phenols is 1. The lowest BCUT2D eigenvalue weighted by atomic mass is 9.94. The number of hydrogen-bond acceptors (Lipinski definition) is 5. The van der Waals surface area contributed by atoms with Crippen LogP contribution in [0.15, 0.2) is 48.7 Å². The average Bonchev–Trinajstić information content (AvgIpc) is 3.07. The van der Waals surface area contributed by atoms with Crippen LogP contribution in [0.2, 0.25) is 0 Å². The highest BCUT2D eigenvalue weighted by Gasteiger charge is 2.21. The molecule has 1 unspecified atom stereocenters. The second-order valence-corrected chi connectivity index (χ2v) is 6.57. The molecule has 0 saturated heterocycles. The first kappa shape index (κ1) is 17.7. The van der Waals surface area contributed by atoms with E-state index in [2.05, 4.69) is 15.0 Å². The molecular formula is C18H17N3O4S. The summed E-state index contributed by atoms with van der Waals surface area (Å²) in [5, 5.41) is 24.3. The molecule has 0 aliphatic heterocycles. The molecule has 2 aromatic carbocycles. The van der Waals surface area contributed by atoms with Gasteiger partial charge < -0.3 is 20.8 Å². The number of carboxylic acid groups (broad SMARTS) is 1. The van der Waals surface area contributed by atoms with Crippen molar-refractivity contribution >= 4 is 39.3 Å². The van der Waals surface area contributed by atoms with Crippen LogP contribution in [-0.4, -0.2) is 33.1 Å². The van der Waals surface area contributed by atoms with Crippen molar-refractivity contribution < 1.29 is 19.8 Å². The van der Waals surface area contributed by atoms with Gasteiger partial charge in [-0.15, -0.1) is 0 Å². The van der Waals surface area contributed by atoms with Gasteiger partial charge >= 0.3 is 6.09 Å². The lowest BCUT2D eigenvalue weighted by Crippen LogP contribution is -2.28. The zero-order valence-electron chi connectivity index (χ0n) is 13.7. The van der Waals surface area contributed by atoms with E-state index in [9.17, 15) is 14.7 Å². The van der Waals surface area contributed by atoms with Gasteiger partial charge in [-0.05, 0) is 53.8 Å². The second kappa shape index (κ2) is 7.83. The molecular weight excluding hydrogens is 354 g/mol. The van der Waals surface area contributed by atoms with Gasteiger partial charge in [0.25, 0.3) is 0 Å². The molecule has 7 nitrogen and oxygen atoms in total. The van der Waals surface area contributed by atoms with Crippen LogP contribution in [0.5, 0.6) is 5.75 Å². The van der Waals surface area contributed by atoms with Gasteiger partial charge in [0, 0.05) is 23.8 Å². The fourth-order valence-corrected chi connectivity index (χ4v) is 3.33. The number of amides is 2. The molecule has 0 radical (unpaired) electrons. The van der Waals surface area contributed by atoms with Crippen molar-refractivity contribution in [2.75, 3.05) is 11.9 Å². The van der Waals surface area contributed by atoms with Crippen LogP contribution in [0.1, 0.15) is 17.9 Å². The molecule has 3 rings (SSSR count). The van der Waals surface area contributed by atoms with Crippen molar-refractivity contribution in [1.82, 2.24) is 9.69 Å². The second-order valence-electron chi connectivity index (χ2n) is 5.73. The summed E-state index contributed by atoms with van der Waals surface area (Å²) in [6.07, 6.45) is 0.930. The van der Waals surface area contributed by atoms with E-state index in [4.69, 9.17) is 5.11 Å². The first-order chi connectivity index (χ1) is 12.5. The first-order valence-corrected chi connectivity index (χ1v) is 8.71. The number of aromatic hydroxyl groups is 1. The maximum Gasteiger partial charge on any atom is 0.404 e. The normalized spacial score (nSPS) is 11.8. The minimum atomic E-state index is -1.13. The zero-order valence-corrected chi connectivity index (χ0v) is 14.5. The van der Waals surface area contributed by atoms with Crippen LogP contribution in [0.4, 0.5) is 10.5 Å². The Morgan fingerprint density at radius 3 is 2.65 bits per heavy atom. The number of carbonyl (C=O) groups excluding carboxylic acids is 1. The van der Waals surface area contributed by atoms with Gasteiger partial charge in [0.05, 0.1) is 10.6 Å². The summed E-state index contributed by atoms with van der Waals surface area (Å²) < 4.78 is 5.08. The van der Waals surface area contributed by atoms with Crippen molar-refractivity contribution in [1.29, 1.82) is 0 Å². The molecule has 4 N–H and O–H groups in total. The van der Waals surface area contributed by atoms with Crippen molar-refractivity contribution in [3.8, 4) is 5.75 Å². The van der Waals surface area contributed by atoms with Crippen LogP contribution in [0.3, 0.4) is 0 Å². The predicted molar refractivity (Wildman–Crippen MR) is 99.7 cm³/mol. The van der Waals surface area contributed by atoms with E-state index in [1.165, 1.54) is 23.7 Å². The highest BCUT2D eigenvalue weighted by Crippen LogP contribution is 2.26. The van der Waals surface area contributed by atoms with Crippen LogP contribution >= 0.6 is 11.5 Å². The molecule has 3 aromatic rings. The topological polar surface area (TPSA) is 112 Å². The van der Waals surface area contributed by atoms with E-state index in [0.29, 0.717) is 17.7 Å². The number of anilines is 1. The van der Waals surface area contributed by atoms with Crippen LogP contribution in [-0.2, 0) is 4.79 Å². The van der Waals surface area contributed by atoms with Gasteiger partial charge in [-0.3, -0.25) is 4.79 Å². The monoisotopic (exact) mass is 371 g/mol. The predicted octanol–water partition coefficient (Wildman–Crippen LogP) is 3.38. The zero-order chi connectivity index (χ0) is 18.5. The Morgan fingerprint density at radius 2 is 1.92 bits per heavy atom. The van der Waals surface area contributed by atoms with Crippen molar-refractivity contribution in [2.24, 2.45) is 0 Å². The summed E-state index contributed by atoms with van der Waals surface area (Å²) in [5.74, 6) is -0.696. The molecule has 2 amide bonds. The number of nitrogens with zero attached hydrogens (tertiary/aromatic N) is 1. The molecule has 0 saturated carbocycles. The quantitative estimate of drug-likeness (QED) is 0.531. The molecule has 0 spiro atoms. The molecule has 1 aromatic heterocycles. The Labute approximate surface area is 153 Å². The maximum atomic E-state index is 12.8. The Morgan fingerprint density at radius 1 is 1.15 bits per heavy atom. The van der Waals surface area contributed by atoms with Gasteiger partial charge in [-0.25, -0.2) is 4.79 Å². The number of nitrogens with one attached hydrogen (secondary N) is 2. The number of aromatic nitrogens is 1. The number of benzene rings is 2. The Hall–Kier alpha value is -3.13. The van der Waals surface area contributed by atoms with E-state index in [-0.39, 0.29) is 18.2 Å². The van der Waals surface area contributed by atoms with Crippen molar-refractivity contribution in [3.05, 3.63) is 54.2 Å². The number of phenolic OH excluding ortho intramolecular Hbond substituents is 1. The van der Waals surface area contributed by atoms with E-state index in [0.717, 1.165) is 10.1 Å². The van der Waals surface area contributed by atoms with Crippen LogP contribution in [0.25, 0.3) is 10.1 Å². The van der Waals surface area contributed by atoms with Crippen LogP contribution < -0.4 is 10.6 Å². The van der Waals surface area contributed by atoms with Crippen LogP contribution in [0, 0.1) is 0 Å². The summed E-state index contributed by atoms with van der Waals surface area (Å²) in [7, 11) is 0. The summed E-state index contributed by atoms with van der Waals surface area (Å²) in [5.41, 5.74) is 1.35. The van der Waals surface area contributed by atoms with Crippen molar-refractivity contribution in [2.45, 2.75) is 12.3 Å².